The third-order valence-corrected chi connectivity index (χ3v) is 5.63. The van der Waals surface area contributed by atoms with Crippen molar-refractivity contribution in [3.8, 4) is 10.6 Å². The predicted octanol–water partition coefficient (Wildman–Crippen LogP) is 3.85. The molecule has 134 valence electrons. The maximum atomic E-state index is 12.5. The number of carbonyl (C=O) groups excluding carboxylic acids is 1. The van der Waals surface area contributed by atoms with Crippen molar-refractivity contribution in [2.75, 3.05) is 5.73 Å². The smallest absolute Gasteiger partial charge is 0.283 e. The van der Waals surface area contributed by atoms with Gasteiger partial charge in [0.1, 0.15) is 10.8 Å². The number of aromatic nitrogens is 3. The zero-order valence-electron chi connectivity index (χ0n) is 13.5. The molecule has 0 unspecified atom stereocenters. The molecule has 1 aliphatic carbocycles. The Morgan fingerprint density at radius 2 is 2.00 bits per heavy atom. The van der Waals surface area contributed by atoms with Gasteiger partial charge in [-0.25, -0.2) is 0 Å². The number of nitrogens with zero attached hydrogens (tertiary/aromatic N) is 3. The van der Waals surface area contributed by atoms with E-state index < -0.39 is 5.56 Å². The molecule has 3 aromatic rings. The van der Waals surface area contributed by atoms with Crippen LogP contribution in [0.3, 0.4) is 0 Å². The average molecular weight is 462 g/mol. The van der Waals surface area contributed by atoms with E-state index in [0.717, 1.165) is 10.0 Å². The number of nitrogen functional groups attached to an aromatic ring is 1. The highest BCUT2D eigenvalue weighted by molar-refractivity contribution is 9.11. The molecule has 1 aromatic carbocycles. The first-order valence-corrected chi connectivity index (χ1v) is 9.68. The van der Waals surface area contributed by atoms with Gasteiger partial charge in [-0.1, -0.05) is 57.1 Å². The van der Waals surface area contributed by atoms with Gasteiger partial charge < -0.3 is 5.73 Å². The standard InChI is InChI=1S/C18H10BrClN4O2S/c19-10-5-6-14(25)9(7-10)8-12-15(21)24-18(22-16(12)26)27-17(23-24)11-3-1-2-4-13(11)20/h1-8H,21H2. The lowest BCUT2D eigenvalue weighted by Crippen LogP contribution is -2.17. The number of rotatable bonds is 2. The first-order chi connectivity index (χ1) is 12.9. The number of halogens is 2. The van der Waals surface area contributed by atoms with E-state index in [2.05, 4.69) is 26.0 Å². The largest absolute Gasteiger partial charge is 0.383 e. The molecule has 0 radical (unpaired) electrons. The van der Waals surface area contributed by atoms with E-state index in [1.54, 1.807) is 18.2 Å². The quantitative estimate of drug-likeness (QED) is 0.585. The maximum absolute atomic E-state index is 12.5. The fourth-order valence-corrected chi connectivity index (χ4v) is 4.15. The molecule has 27 heavy (non-hydrogen) atoms. The summed E-state index contributed by atoms with van der Waals surface area (Å²) >= 11 is 10.7. The van der Waals surface area contributed by atoms with Crippen LogP contribution in [0.15, 0.2) is 57.3 Å². The van der Waals surface area contributed by atoms with E-state index in [9.17, 15) is 9.59 Å². The molecule has 0 spiro atoms. The van der Waals surface area contributed by atoms with E-state index in [4.69, 9.17) is 17.3 Å². The summed E-state index contributed by atoms with van der Waals surface area (Å²) in [5.74, 6) is -0.115. The second-order valence-electron chi connectivity index (χ2n) is 5.62. The molecule has 4 rings (SSSR count). The summed E-state index contributed by atoms with van der Waals surface area (Å²) in [6, 6.07) is 7.25. The van der Waals surface area contributed by atoms with Gasteiger partial charge in [0.25, 0.3) is 5.56 Å². The Morgan fingerprint density at radius 1 is 1.22 bits per heavy atom. The molecule has 0 amide bonds. The van der Waals surface area contributed by atoms with Crippen molar-refractivity contribution in [3.63, 3.8) is 0 Å². The van der Waals surface area contributed by atoms with Crippen LogP contribution in [0.25, 0.3) is 21.6 Å². The average Bonchev–Trinajstić information content (AvgIpc) is 3.05. The van der Waals surface area contributed by atoms with Crippen LogP contribution in [0.5, 0.6) is 0 Å². The fraction of sp³-hybridized carbons (Fsp3) is 0. The highest BCUT2D eigenvalue weighted by Crippen LogP contribution is 2.31. The second kappa shape index (κ2) is 6.88. The Hall–Kier alpha value is -2.55. The number of hydrogen-bond acceptors (Lipinski definition) is 6. The van der Waals surface area contributed by atoms with Gasteiger partial charge in [-0.2, -0.15) is 14.6 Å². The molecular weight excluding hydrogens is 452 g/mol. The molecule has 0 saturated heterocycles. The molecule has 2 heterocycles. The van der Waals surface area contributed by atoms with E-state index in [1.807, 2.05) is 18.2 Å². The number of carbonyl (C=O) groups is 1. The highest BCUT2D eigenvalue weighted by atomic mass is 79.9. The lowest BCUT2D eigenvalue weighted by atomic mass is 10.0. The molecule has 2 N–H and O–H groups in total. The summed E-state index contributed by atoms with van der Waals surface area (Å²) in [6.45, 7) is 0. The Balaban J connectivity index is 1.90. The van der Waals surface area contributed by atoms with E-state index in [0.29, 0.717) is 20.6 Å². The minimum Gasteiger partial charge on any atom is -0.383 e. The Morgan fingerprint density at radius 3 is 2.78 bits per heavy atom. The fourth-order valence-electron chi connectivity index (χ4n) is 2.55. The molecule has 9 heteroatoms. The van der Waals surface area contributed by atoms with Gasteiger partial charge >= 0.3 is 0 Å². The monoisotopic (exact) mass is 460 g/mol. The molecular formula is C18H10BrClN4O2S. The van der Waals surface area contributed by atoms with Crippen molar-refractivity contribution in [1.82, 2.24) is 14.6 Å². The molecule has 0 aliphatic heterocycles. The third kappa shape index (κ3) is 3.27. The van der Waals surface area contributed by atoms with Crippen LogP contribution >= 0.6 is 38.9 Å². The Bertz CT molecular complexity index is 1260. The van der Waals surface area contributed by atoms with Crippen LogP contribution in [0.2, 0.25) is 5.02 Å². The summed E-state index contributed by atoms with van der Waals surface area (Å²) < 4.78 is 2.11. The minimum atomic E-state index is -0.527. The molecule has 0 bridgehead atoms. The third-order valence-electron chi connectivity index (χ3n) is 3.87. The van der Waals surface area contributed by atoms with Crippen molar-refractivity contribution >= 4 is 61.5 Å². The van der Waals surface area contributed by atoms with E-state index in [-0.39, 0.29) is 17.2 Å². The van der Waals surface area contributed by atoms with Crippen LogP contribution in [0.4, 0.5) is 5.82 Å². The van der Waals surface area contributed by atoms with Gasteiger partial charge in [-0.15, -0.1) is 0 Å². The highest BCUT2D eigenvalue weighted by Gasteiger charge is 2.17. The summed E-state index contributed by atoms with van der Waals surface area (Å²) in [5, 5.41) is 5.57. The zero-order valence-corrected chi connectivity index (χ0v) is 16.7. The molecule has 6 nitrogen and oxygen atoms in total. The summed E-state index contributed by atoms with van der Waals surface area (Å²) in [6.07, 6.45) is 6.09. The number of ketones is 1. The van der Waals surface area contributed by atoms with Crippen molar-refractivity contribution in [1.29, 1.82) is 0 Å². The van der Waals surface area contributed by atoms with Crippen LogP contribution < -0.4 is 11.3 Å². The normalized spacial score (nSPS) is 15.6. The van der Waals surface area contributed by atoms with Crippen LogP contribution in [-0.2, 0) is 4.79 Å². The number of hydrogen-bond donors (Lipinski definition) is 1. The van der Waals surface area contributed by atoms with Crippen LogP contribution in [0.1, 0.15) is 5.56 Å². The number of fused-ring (bicyclic) bond motifs is 1. The number of anilines is 1. The van der Waals surface area contributed by atoms with Gasteiger partial charge in [0.2, 0.25) is 4.96 Å². The van der Waals surface area contributed by atoms with Crippen molar-refractivity contribution in [3.05, 3.63) is 73.5 Å². The lowest BCUT2D eigenvalue weighted by molar-refractivity contribution is -0.111. The van der Waals surface area contributed by atoms with Crippen LogP contribution in [-0.4, -0.2) is 20.4 Å². The lowest BCUT2D eigenvalue weighted by Gasteiger charge is -2.06. The maximum Gasteiger partial charge on any atom is 0.283 e. The molecule has 1 aliphatic rings. The zero-order chi connectivity index (χ0) is 19.1. The second-order valence-corrected chi connectivity index (χ2v) is 7.90. The van der Waals surface area contributed by atoms with Crippen molar-refractivity contribution < 1.29 is 4.79 Å². The Kier molecular flexibility index (Phi) is 4.55. The number of nitrogens with two attached hydrogens (primary N) is 1. The summed E-state index contributed by atoms with van der Waals surface area (Å²) in [5.41, 5.74) is 6.81. The van der Waals surface area contributed by atoms with Crippen molar-refractivity contribution in [2.24, 2.45) is 0 Å². The topological polar surface area (TPSA) is 90.4 Å². The first-order valence-electron chi connectivity index (χ1n) is 7.69. The predicted molar refractivity (Wildman–Crippen MR) is 111 cm³/mol. The van der Waals surface area contributed by atoms with Crippen molar-refractivity contribution in [2.45, 2.75) is 0 Å². The van der Waals surface area contributed by atoms with Gasteiger partial charge in [0, 0.05) is 15.6 Å². The van der Waals surface area contributed by atoms with Gasteiger partial charge in [0.15, 0.2) is 5.78 Å². The van der Waals surface area contributed by atoms with Gasteiger partial charge in [0.05, 0.1) is 10.6 Å². The number of benzene rings is 1. The SMILES string of the molecule is Nc1c(C=C2C=C(Br)C=CC2=O)c(=O)nc2sc(-c3ccccc3Cl)nn12. The van der Waals surface area contributed by atoms with Gasteiger partial charge in [-0.3, -0.25) is 9.59 Å². The molecule has 0 saturated carbocycles. The van der Waals surface area contributed by atoms with Gasteiger partial charge in [-0.05, 0) is 30.4 Å². The first kappa shape index (κ1) is 17.8. The molecule has 0 atom stereocenters. The van der Waals surface area contributed by atoms with E-state index >= 15 is 0 Å². The minimum absolute atomic E-state index is 0.110. The number of allylic oxidation sites excluding steroid dienone is 5. The Labute approximate surface area is 170 Å². The molecule has 0 fully saturated rings. The van der Waals surface area contributed by atoms with E-state index in [1.165, 1.54) is 28.0 Å². The summed E-state index contributed by atoms with van der Waals surface area (Å²) in [4.78, 5) is 28.9. The van der Waals surface area contributed by atoms with Crippen LogP contribution in [0, 0.1) is 0 Å². The molecule has 2 aromatic heterocycles. The summed E-state index contributed by atoms with van der Waals surface area (Å²) in [7, 11) is 0.